The number of rotatable bonds is 68. The van der Waals surface area contributed by atoms with Gasteiger partial charge in [0.25, 0.3) is 0 Å². The minimum absolute atomic E-state index is 0.0759. The van der Waals surface area contributed by atoms with Crippen molar-refractivity contribution in [1.29, 1.82) is 0 Å². The van der Waals surface area contributed by atoms with E-state index in [0.29, 0.717) is 19.3 Å². The lowest BCUT2D eigenvalue weighted by atomic mass is 10.0. The molecule has 81 heavy (non-hydrogen) atoms. The van der Waals surface area contributed by atoms with E-state index in [9.17, 15) is 14.4 Å². The summed E-state index contributed by atoms with van der Waals surface area (Å²) in [5, 5.41) is 0. The first kappa shape index (κ1) is 78.6. The zero-order chi connectivity index (χ0) is 58.5. The molecule has 6 nitrogen and oxygen atoms in total. The predicted molar refractivity (Wildman–Crippen MR) is 353 cm³/mol. The summed E-state index contributed by atoms with van der Waals surface area (Å²) in [7, 11) is 0. The Labute approximate surface area is 506 Å². The molecular weight excluding hydrogens is 997 g/mol. The highest BCUT2D eigenvalue weighted by Crippen LogP contribution is 2.19. The molecule has 1 atom stereocenters. The number of ether oxygens (including phenoxy) is 3. The van der Waals surface area contributed by atoms with Gasteiger partial charge in [0.2, 0.25) is 0 Å². The van der Waals surface area contributed by atoms with Crippen LogP contribution in [0.4, 0.5) is 0 Å². The summed E-state index contributed by atoms with van der Waals surface area (Å²) in [6.07, 6.45) is 87.9. The van der Waals surface area contributed by atoms with E-state index in [1.807, 2.05) is 0 Å². The van der Waals surface area contributed by atoms with Gasteiger partial charge in [0.1, 0.15) is 13.2 Å². The first-order valence-corrected chi connectivity index (χ1v) is 36.5. The maximum Gasteiger partial charge on any atom is 0.306 e. The third kappa shape index (κ3) is 68.3. The van der Waals surface area contributed by atoms with Gasteiger partial charge in [-0.15, -0.1) is 0 Å². The molecular formula is C75H140O6. The molecule has 6 heteroatoms. The average Bonchev–Trinajstić information content (AvgIpc) is 3.46. The van der Waals surface area contributed by atoms with Crippen molar-refractivity contribution < 1.29 is 28.6 Å². The molecule has 0 radical (unpaired) electrons. The number of esters is 3. The summed E-state index contributed by atoms with van der Waals surface area (Å²) in [4.78, 5) is 38.3. The highest BCUT2D eigenvalue weighted by atomic mass is 16.6. The van der Waals surface area contributed by atoms with E-state index in [2.05, 4.69) is 57.2 Å². The van der Waals surface area contributed by atoms with Crippen LogP contribution in [-0.2, 0) is 28.6 Å². The van der Waals surface area contributed by atoms with Gasteiger partial charge in [0.05, 0.1) is 0 Å². The van der Waals surface area contributed by atoms with Crippen LogP contribution >= 0.6 is 0 Å². The van der Waals surface area contributed by atoms with E-state index >= 15 is 0 Å². The van der Waals surface area contributed by atoms with E-state index in [-0.39, 0.29) is 31.1 Å². The van der Waals surface area contributed by atoms with Crippen LogP contribution in [0.3, 0.4) is 0 Å². The Kier molecular flexibility index (Phi) is 68.1. The van der Waals surface area contributed by atoms with E-state index < -0.39 is 6.10 Å². The molecule has 0 aliphatic heterocycles. The molecule has 0 aromatic heterocycles. The fourth-order valence-corrected chi connectivity index (χ4v) is 11.2. The van der Waals surface area contributed by atoms with Crippen molar-refractivity contribution >= 4 is 17.9 Å². The van der Waals surface area contributed by atoms with Crippen molar-refractivity contribution in [3.05, 3.63) is 36.5 Å². The number of hydrogen-bond acceptors (Lipinski definition) is 6. The quantitative estimate of drug-likeness (QED) is 0.0261. The molecule has 476 valence electrons. The minimum atomic E-state index is -0.781. The van der Waals surface area contributed by atoms with Crippen molar-refractivity contribution in [2.75, 3.05) is 13.2 Å². The Morgan fingerprint density at radius 2 is 0.481 bits per heavy atom. The third-order valence-electron chi connectivity index (χ3n) is 16.7. The van der Waals surface area contributed by atoms with E-state index in [1.165, 1.54) is 283 Å². The Balaban J connectivity index is 4.06. The van der Waals surface area contributed by atoms with Gasteiger partial charge in [-0.05, 0) is 51.4 Å². The minimum Gasteiger partial charge on any atom is -0.462 e. The second-order valence-electron chi connectivity index (χ2n) is 24.8. The molecule has 0 saturated heterocycles. The monoisotopic (exact) mass is 1140 g/mol. The molecule has 0 N–H and O–H groups in total. The molecule has 0 bridgehead atoms. The van der Waals surface area contributed by atoms with Crippen molar-refractivity contribution in [3.63, 3.8) is 0 Å². The van der Waals surface area contributed by atoms with Crippen LogP contribution in [0.5, 0.6) is 0 Å². The highest BCUT2D eigenvalue weighted by Gasteiger charge is 2.19. The molecule has 0 heterocycles. The van der Waals surface area contributed by atoms with Crippen LogP contribution in [0.2, 0.25) is 0 Å². The lowest BCUT2D eigenvalue weighted by Crippen LogP contribution is -2.30. The van der Waals surface area contributed by atoms with Gasteiger partial charge in [0.15, 0.2) is 6.10 Å². The topological polar surface area (TPSA) is 78.9 Å². The van der Waals surface area contributed by atoms with Crippen LogP contribution in [-0.4, -0.2) is 37.2 Å². The zero-order valence-electron chi connectivity index (χ0n) is 54.8. The molecule has 0 aliphatic carbocycles. The maximum absolute atomic E-state index is 12.9. The first-order valence-electron chi connectivity index (χ1n) is 36.5. The van der Waals surface area contributed by atoms with Gasteiger partial charge in [-0.3, -0.25) is 14.4 Å². The molecule has 0 aliphatic rings. The second-order valence-corrected chi connectivity index (χ2v) is 24.8. The van der Waals surface area contributed by atoms with Gasteiger partial charge in [-0.1, -0.05) is 372 Å². The molecule has 0 fully saturated rings. The van der Waals surface area contributed by atoms with Crippen LogP contribution in [0.1, 0.15) is 406 Å². The standard InChI is InChI=1S/C75H140O6/c1-4-7-10-13-16-19-22-25-27-29-30-31-32-33-34-35-36-37-38-39-40-41-42-43-44-45-46-48-50-53-56-59-62-65-68-74(77)80-71-72(70-79-73(76)67-64-61-58-55-52-49-24-21-18-15-12-9-6-3)81-75(78)69-66-63-60-57-54-51-47-28-26-23-20-17-14-11-8-5-2/h9,12,18,21,49,52,72H,4-8,10-11,13-17,19-20,22-48,50-51,53-71H2,1-3H3/b12-9-,21-18-,52-49-. The zero-order valence-corrected chi connectivity index (χ0v) is 54.8. The van der Waals surface area contributed by atoms with Gasteiger partial charge >= 0.3 is 17.9 Å². The highest BCUT2D eigenvalue weighted by molar-refractivity contribution is 5.71. The molecule has 0 amide bonds. The summed E-state index contributed by atoms with van der Waals surface area (Å²) in [6, 6.07) is 0. The number of allylic oxidation sites excluding steroid dienone is 6. The number of carbonyl (C=O) groups excluding carboxylic acids is 3. The van der Waals surface area contributed by atoms with Gasteiger partial charge < -0.3 is 14.2 Å². The molecule has 0 spiro atoms. The molecule has 0 aromatic rings. The predicted octanol–water partition coefficient (Wildman–Crippen LogP) is 25.1. The molecule has 0 saturated carbocycles. The maximum atomic E-state index is 12.9. The van der Waals surface area contributed by atoms with Crippen molar-refractivity contribution in [2.45, 2.75) is 412 Å². The van der Waals surface area contributed by atoms with Crippen molar-refractivity contribution in [2.24, 2.45) is 0 Å². The van der Waals surface area contributed by atoms with Crippen LogP contribution in [0.15, 0.2) is 36.5 Å². The Morgan fingerprint density at radius 1 is 0.259 bits per heavy atom. The summed E-state index contributed by atoms with van der Waals surface area (Å²) in [5.41, 5.74) is 0. The van der Waals surface area contributed by atoms with E-state index in [0.717, 1.165) is 83.5 Å². The average molecular weight is 1140 g/mol. The van der Waals surface area contributed by atoms with Gasteiger partial charge in [-0.25, -0.2) is 0 Å². The van der Waals surface area contributed by atoms with Crippen LogP contribution in [0.25, 0.3) is 0 Å². The Hall–Kier alpha value is -2.37. The Bertz CT molecular complexity index is 1350. The molecule has 1 unspecified atom stereocenters. The normalized spacial score (nSPS) is 12.2. The smallest absolute Gasteiger partial charge is 0.306 e. The SMILES string of the molecule is CC/C=C\C/C=C\C/C=C\CCCCCC(=O)OCC(COC(=O)CCCCCCCCCCCCCCCCCCCCCCCCCCCCCCCCCCCC)OC(=O)CCCCCCCCCCCCCCCCCC. The fraction of sp³-hybridized carbons (Fsp3) is 0.880. The summed E-state index contributed by atoms with van der Waals surface area (Å²) >= 11 is 0. The lowest BCUT2D eigenvalue weighted by molar-refractivity contribution is -0.167. The lowest BCUT2D eigenvalue weighted by Gasteiger charge is -2.18. The van der Waals surface area contributed by atoms with Crippen molar-refractivity contribution in [3.8, 4) is 0 Å². The van der Waals surface area contributed by atoms with Gasteiger partial charge in [0, 0.05) is 19.3 Å². The van der Waals surface area contributed by atoms with Gasteiger partial charge in [-0.2, -0.15) is 0 Å². The number of hydrogen-bond donors (Lipinski definition) is 0. The third-order valence-corrected chi connectivity index (χ3v) is 16.7. The fourth-order valence-electron chi connectivity index (χ4n) is 11.2. The van der Waals surface area contributed by atoms with E-state index in [4.69, 9.17) is 14.2 Å². The second kappa shape index (κ2) is 70.1. The summed E-state index contributed by atoms with van der Waals surface area (Å²) in [6.45, 7) is 6.58. The number of carbonyl (C=O) groups is 3. The van der Waals surface area contributed by atoms with E-state index in [1.54, 1.807) is 0 Å². The summed E-state index contributed by atoms with van der Waals surface area (Å²) in [5.74, 6) is -0.879. The largest absolute Gasteiger partial charge is 0.462 e. The van der Waals surface area contributed by atoms with Crippen molar-refractivity contribution in [1.82, 2.24) is 0 Å². The van der Waals surface area contributed by atoms with Crippen LogP contribution in [0, 0.1) is 0 Å². The number of unbranched alkanes of at least 4 members (excludes halogenated alkanes) is 51. The molecule has 0 aromatic carbocycles. The Morgan fingerprint density at radius 3 is 0.753 bits per heavy atom. The van der Waals surface area contributed by atoms with Crippen LogP contribution < -0.4 is 0 Å². The molecule has 0 rings (SSSR count). The summed E-state index contributed by atoms with van der Waals surface area (Å²) < 4.78 is 16.9. The first-order chi connectivity index (χ1) is 40.0.